The Balaban J connectivity index is 1.73. The zero-order chi connectivity index (χ0) is 20.6. The third-order valence-corrected chi connectivity index (χ3v) is 5.94. The molecule has 2 unspecified atom stereocenters. The number of rotatable bonds is 4. The number of nitrogens with two attached hydrogens (primary N) is 1. The summed E-state index contributed by atoms with van der Waals surface area (Å²) in [5, 5.41) is 3.40. The highest BCUT2D eigenvalue weighted by atomic mass is 19.1. The molecule has 2 heterocycles. The fourth-order valence-corrected chi connectivity index (χ4v) is 4.21. The van der Waals surface area contributed by atoms with E-state index in [0.29, 0.717) is 43.9 Å². The summed E-state index contributed by atoms with van der Waals surface area (Å²) in [5.74, 6) is -0.799. The number of hydrogen-bond acceptors (Lipinski definition) is 5. The van der Waals surface area contributed by atoms with Gasteiger partial charge in [-0.2, -0.15) is 0 Å². The third-order valence-electron chi connectivity index (χ3n) is 5.94. The molecule has 0 radical (unpaired) electrons. The lowest BCUT2D eigenvalue weighted by molar-refractivity contribution is -0.123. The van der Waals surface area contributed by atoms with Gasteiger partial charge in [0.15, 0.2) is 0 Å². The number of fused-ring (bicyclic) bond motifs is 1. The number of carbonyl (C=O) groups is 2. The summed E-state index contributed by atoms with van der Waals surface area (Å²) in [6.07, 6.45) is 1.11. The predicted octanol–water partition coefficient (Wildman–Crippen LogP) is 2.77. The molecule has 152 valence electrons. The van der Waals surface area contributed by atoms with Crippen molar-refractivity contribution in [1.29, 1.82) is 0 Å². The van der Waals surface area contributed by atoms with Crippen LogP contribution in [0.4, 0.5) is 15.8 Å². The summed E-state index contributed by atoms with van der Waals surface area (Å²) < 4.78 is 19.9. The lowest BCUT2D eigenvalue weighted by atomic mass is 9.71. The van der Waals surface area contributed by atoms with Crippen molar-refractivity contribution in [2.45, 2.75) is 24.8 Å². The van der Waals surface area contributed by atoms with E-state index in [1.54, 1.807) is 25.1 Å². The standard InChI is InChI=1S/C22H24FN3O3/c1-22(21(24)28)12-20(25-19-3-2-14(13-27)8-18(19)22)15-9-16(23)11-17(10-15)26-4-6-29-7-5-26/h2-3,8-11,13,20,25H,4-7,12H2,1H3,(H2,24,28). The van der Waals surface area contributed by atoms with Gasteiger partial charge >= 0.3 is 0 Å². The molecule has 2 aliphatic heterocycles. The maximum Gasteiger partial charge on any atom is 0.227 e. The quantitative estimate of drug-likeness (QED) is 0.775. The van der Waals surface area contributed by atoms with Gasteiger partial charge in [-0.3, -0.25) is 9.59 Å². The topological polar surface area (TPSA) is 84.7 Å². The number of halogens is 1. The van der Waals surface area contributed by atoms with Crippen molar-refractivity contribution >= 4 is 23.6 Å². The minimum Gasteiger partial charge on any atom is -0.378 e. The number of nitrogens with one attached hydrogen (secondary N) is 1. The Morgan fingerprint density at radius 1 is 1.28 bits per heavy atom. The van der Waals surface area contributed by atoms with Gasteiger partial charge in [0, 0.05) is 30.0 Å². The second-order valence-corrected chi connectivity index (χ2v) is 7.86. The van der Waals surface area contributed by atoms with Crippen molar-refractivity contribution in [1.82, 2.24) is 0 Å². The highest BCUT2D eigenvalue weighted by molar-refractivity contribution is 5.90. The number of primary amides is 1. The molecule has 0 saturated carbocycles. The second-order valence-electron chi connectivity index (χ2n) is 7.86. The predicted molar refractivity (Wildman–Crippen MR) is 109 cm³/mol. The molecule has 1 saturated heterocycles. The van der Waals surface area contributed by atoms with E-state index in [1.807, 2.05) is 6.07 Å². The summed E-state index contributed by atoms with van der Waals surface area (Å²) in [5.41, 5.74) is 8.25. The summed E-state index contributed by atoms with van der Waals surface area (Å²) in [6.45, 7) is 4.41. The smallest absolute Gasteiger partial charge is 0.227 e. The molecule has 0 bridgehead atoms. The second kappa shape index (κ2) is 7.48. The highest BCUT2D eigenvalue weighted by Crippen LogP contribution is 2.45. The van der Waals surface area contributed by atoms with Crippen LogP contribution in [0.5, 0.6) is 0 Å². The van der Waals surface area contributed by atoms with Crippen LogP contribution in [0, 0.1) is 5.82 Å². The van der Waals surface area contributed by atoms with Crippen LogP contribution in [0.15, 0.2) is 36.4 Å². The van der Waals surface area contributed by atoms with E-state index in [9.17, 15) is 14.0 Å². The molecular weight excluding hydrogens is 373 g/mol. The Hall–Kier alpha value is -2.93. The molecule has 3 N–H and O–H groups in total. The summed E-state index contributed by atoms with van der Waals surface area (Å²) >= 11 is 0. The van der Waals surface area contributed by atoms with Gasteiger partial charge in [-0.05, 0) is 60.9 Å². The minimum absolute atomic E-state index is 0.294. The van der Waals surface area contributed by atoms with Gasteiger partial charge < -0.3 is 20.7 Å². The van der Waals surface area contributed by atoms with Crippen LogP contribution >= 0.6 is 0 Å². The molecule has 0 aromatic heterocycles. The number of carbonyl (C=O) groups excluding carboxylic acids is 2. The Kier molecular flexibility index (Phi) is 5.00. The number of morpholine rings is 1. The van der Waals surface area contributed by atoms with E-state index < -0.39 is 11.3 Å². The Labute approximate surface area is 168 Å². The van der Waals surface area contributed by atoms with Gasteiger partial charge in [0.05, 0.1) is 24.7 Å². The number of benzene rings is 2. The molecule has 4 rings (SSSR count). The fraction of sp³-hybridized carbons (Fsp3) is 0.364. The van der Waals surface area contributed by atoms with Crippen LogP contribution in [0.3, 0.4) is 0 Å². The molecule has 7 heteroatoms. The summed E-state index contributed by atoms with van der Waals surface area (Å²) in [4.78, 5) is 25.7. The van der Waals surface area contributed by atoms with Crippen molar-refractivity contribution in [3.63, 3.8) is 0 Å². The number of anilines is 2. The lowest BCUT2D eigenvalue weighted by Gasteiger charge is -2.39. The molecule has 0 spiro atoms. The van der Waals surface area contributed by atoms with Crippen LogP contribution in [-0.4, -0.2) is 38.5 Å². The molecule has 2 aromatic carbocycles. The van der Waals surface area contributed by atoms with Gasteiger partial charge in [-0.25, -0.2) is 4.39 Å². The van der Waals surface area contributed by atoms with Crippen molar-refractivity contribution < 1.29 is 18.7 Å². The Morgan fingerprint density at radius 2 is 2.03 bits per heavy atom. The number of ether oxygens (including phenoxy) is 1. The van der Waals surface area contributed by atoms with Crippen molar-refractivity contribution in [3.05, 3.63) is 58.9 Å². The largest absolute Gasteiger partial charge is 0.378 e. The lowest BCUT2D eigenvalue weighted by Crippen LogP contribution is -2.44. The maximum atomic E-state index is 14.5. The monoisotopic (exact) mass is 397 g/mol. The van der Waals surface area contributed by atoms with E-state index in [2.05, 4.69) is 10.2 Å². The minimum atomic E-state index is -0.976. The number of aldehydes is 1. The SMILES string of the molecule is CC1(C(N)=O)CC(c2cc(F)cc(N3CCOCC3)c2)Nc2ccc(C=O)cc21. The van der Waals surface area contributed by atoms with Crippen molar-refractivity contribution in [2.75, 3.05) is 36.5 Å². The van der Waals surface area contributed by atoms with Gasteiger partial charge in [0.25, 0.3) is 0 Å². The van der Waals surface area contributed by atoms with Crippen molar-refractivity contribution in [3.8, 4) is 0 Å². The molecule has 1 amide bonds. The van der Waals surface area contributed by atoms with E-state index in [1.165, 1.54) is 12.1 Å². The Bertz CT molecular complexity index is 958. The molecule has 1 fully saturated rings. The average molecular weight is 397 g/mol. The molecular formula is C22H24FN3O3. The van der Waals surface area contributed by atoms with E-state index in [0.717, 1.165) is 23.2 Å². The number of hydrogen-bond donors (Lipinski definition) is 2. The van der Waals surface area contributed by atoms with Gasteiger partial charge in [0.1, 0.15) is 12.1 Å². The number of amides is 1. The van der Waals surface area contributed by atoms with Crippen LogP contribution in [0.1, 0.15) is 40.9 Å². The Morgan fingerprint density at radius 3 is 2.72 bits per heavy atom. The summed E-state index contributed by atoms with van der Waals surface area (Å²) in [7, 11) is 0. The molecule has 29 heavy (non-hydrogen) atoms. The zero-order valence-electron chi connectivity index (χ0n) is 16.3. The van der Waals surface area contributed by atoms with Crippen LogP contribution in [-0.2, 0) is 14.9 Å². The van der Waals surface area contributed by atoms with Crippen LogP contribution in [0.25, 0.3) is 0 Å². The average Bonchev–Trinajstić information content (AvgIpc) is 2.73. The maximum absolute atomic E-state index is 14.5. The fourth-order valence-electron chi connectivity index (χ4n) is 4.21. The van der Waals surface area contributed by atoms with Gasteiger partial charge in [-0.15, -0.1) is 0 Å². The molecule has 2 aliphatic rings. The van der Waals surface area contributed by atoms with E-state index in [4.69, 9.17) is 10.5 Å². The van der Waals surface area contributed by atoms with E-state index >= 15 is 0 Å². The third kappa shape index (κ3) is 3.58. The first kappa shape index (κ1) is 19.4. The first-order valence-corrected chi connectivity index (χ1v) is 9.70. The normalized spacial score (nSPS) is 23.8. The molecule has 2 atom stereocenters. The number of nitrogens with zero attached hydrogens (tertiary/aromatic N) is 1. The zero-order valence-corrected chi connectivity index (χ0v) is 16.3. The van der Waals surface area contributed by atoms with E-state index in [-0.39, 0.29) is 11.9 Å². The van der Waals surface area contributed by atoms with Crippen LogP contribution < -0.4 is 16.0 Å². The van der Waals surface area contributed by atoms with Crippen LogP contribution in [0.2, 0.25) is 0 Å². The first-order chi connectivity index (χ1) is 13.9. The highest BCUT2D eigenvalue weighted by Gasteiger charge is 2.42. The molecule has 0 aliphatic carbocycles. The summed E-state index contributed by atoms with van der Waals surface area (Å²) in [6, 6.07) is 9.84. The van der Waals surface area contributed by atoms with Gasteiger partial charge in [-0.1, -0.05) is 0 Å². The van der Waals surface area contributed by atoms with Gasteiger partial charge in [0.2, 0.25) is 5.91 Å². The molecule has 2 aromatic rings. The van der Waals surface area contributed by atoms with Crippen molar-refractivity contribution in [2.24, 2.45) is 5.73 Å². The first-order valence-electron chi connectivity index (χ1n) is 9.70. The molecule has 6 nitrogen and oxygen atoms in total.